The van der Waals surface area contributed by atoms with Crippen LogP contribution in [0.1, 0.15) is 36.1 Å². The molecule has 3 rings (SSSR count). The van der Waals surface area contributed by atoms with Crippen molar-refractivity contribution in [2.24, 2.45) is 13.0 Å². The van der Waals surface area contributed by atoms with E-state index >= 15 is 0 Å². The number of carbonyl (C=O) groups excluding carboxylic acids is 2. The lowest BCUT2D eigenvalue weighted by Crippen LogP contribution is -2.33. The van der Waals surface area contributed by atoms with Gasteiger partial charge >= 0.3 is 0 Å². The molecule has 2 N–H and O–H groups in total. The van der Waals surface area contributed by atoms with E-state index < -0.39 is 0 Å². The van der Waals surface area contributed by atoms with E-state index in [4.69, 9.17) is 0 Å². The van der Waals surface area contributed by atoms with Gasteiger partial charge in [-0.1, -0.05) is 43.8 Å². The molecule has 0 spiro atoms. The van der Waals surface area contributed by atoms with Gasteiger partial charge in [0.1, 0.15) is 5.82 Å². The molecule has 0 aliphatic rings. The SMILES string of the molecule is CC(C)C(NC(=O)c1ccccc1)c1nnc(SCC(=O)Nc2ccc(F)cc2)n1C. The quantitative estimate of drug-likeness (QED) is 0.519. The van der Waals surface area contributed by atoms with Crippen LogP contribution < -0.4 is 10.6 Å². The maximum absolute atomic E-state index is 13.0. The topological polar surface area (TPSA) is 88.9 Å². The van der Waals surface area contributed by atoms with E-state index in [1.165, 1.54) is 36.0 Å². The number of hydrogen-bond acceptors (Lipinski definition) is 5. The molecular weight excluding hydrogens is 417 g/mol. The van der Waals surface area contributed by atoms with Gasteiger partial charge in [-0.15, -0.1) is 10.2 Å². The first-order chi connectivity index (χ1) is 14.8. The zero-order chi connectivity index (χ0) is 22.4. The number of benzene rings is 2. The molecule has 1 unspecified atom stereocenters. The summed E-state index contributed by atoms with van der Waals surface area (Å²) < 4.78 is 14.8. The molecule has 31 heavy (non-hydrogen) atoms. The highest BCUT2D eigenvalue weighted by atomic mass is 32.2. The molecular formula is C22H24FN5O2S. The van der Waals surface area contributed by atoms with E-state index in [1.54, 1.807) is 23.7 Å². The van der Waals surface area contributed by atoms with Crippen LogP contribution in [0.4, 0.5) is 10.1 Å². The third-order valence-electron chi connectivity index (χ3n) is 4.60. The van der Waals surface area contributed by atoms with Crippen LogP contribution in [0.3, 0.4) is 0 Å². The van der Waals surface area contributed by atoms with Crippen molar-refractivity contribution in [3.05, 3.63) is 71.8 Å². The van der Waals surface area contributed by atoms with Crippen LogP contribution in [0.5, 0.6) is 0 Å². The maximum Gasteiger partial charge on any atom is 0.251 e. The van der Waals surface area contributed by atoms with Gasteiger partial charge in [-0.05, 0) is 42.3 Å². The van der Waals surface area contributed by atoms with Crippen LogP contribution in [-0.4, -0.2) is 32.3 Å². The Labute approximate surface area is 184 Å². The lowest BCUT2D eigenvalue weighted by atomic mass is 10.0. The summed E-state index contributed by atoms with van der Waals surface area (Å²) in [6, 6.07) is 14.2. The van der Waals surface area contributed by atoms with Crippen molar-refractivity contribution in [3.8, 4) is 0 Å². The molecule has 3 aromatic rings. The number of aromatic nitrogens is 3. The fourth-order valence-corrected chi connectivity index (χ4v) is 3.64. The Morgan fingerprint density at radius 1 is 1.06 bits per heavy atom. The number of rotatable bonds is 8. The van der Waals surface area contributed by atoms with Crippen molar-refractivity contribution in [1.82, 2.24) is 20.1 Å². The van der Waals surface area contributed by atoms with Crippen LogP contribution in [0.2, 0.25) is 0 Å². The van der Waals surface area contributed by atoms with Crippen molar-refractivity contribution < 1.29 is 14.0 Å². The van der Waals surface area contributed by atoms with Gasteiger partial charge in [-0.25, -0.2) is 4.39 Å². The van der Waals surface area contributed by atoms with E-state index in [-0.39, 0.29) is 35.3 Å². The summed E-state index contributed by atoms with van der Waals surface area (Å²) in [5.41, 5.74) is 1.09. The van der Waals surface area contributed by atoms with E-state index in [9.17, 15) is 14.0 Å². The van der Waals surface area contributed by atoms with Gasteiger partial charge in [-0.2, -0.15) is 0 Å². The number of thioether (sulfide) groups is 1. The number of halogens is 1. The van der Waals surface area contributed by atoms with Gasteiger partial charge in [0.2, 0.25) is 5.91 Å². The second kappa shape index (κ2) is 10.2. The summed E-state index contributed by atoms with van der Waals surface area (Å²) >= 11 is 1.23. The maximum atomic E-state index is 13.0. The van der Waals surface area contributed by atoms with Gasteiger partial charge in [0.15, 0.2) is 11.0 Å². The van der Waals surface area contributed by atoms with Gasteiger partial charge in [-0.3, -0.25) is 9.59 Å². The van der Waals surface area contributed by atoms with E-state index in [2.05, 4.69) is 20.8 Å². The predicted molar refractivity (Wildman–Crippen MR) is 118 cm³/mol. The normalized spacial score (nSPS) is 11.9. The van der Waals surface area contributed by atoms with E-state index in [0.717, 1.165) is 0 Å². The number of carbonyl (C=O) groups is 2. The minimum Gasteiger partial charge on any atom is -0.342 e. The molecule has 1 atom stereocenters. The zero-order valence-electron chi connectivity index (χ0n) is 17.5. The van der Waals surface area contributed by atoms with Crippen molar-refractivity contribution in [3.63, 3.8) is 0 Å². The molecule has 0 bridgehead atoms. The molecule has 7 nitrogen and oxygen atoms in total. The second-order valence-corrected chi connectivity index (χ2v) is 8.25. The number of amides is 2. The average molecular weight is 442 g/mol. The number of nitrogens with one attached hydrogen (secondary N) is 2. The molecule has 2 amide bonds. The summed E-state index contributed by atoms with van der Waals surface area (Å²) in [4.78, 5) is 24.8. The Morgan fingerprint density at radius 3 is 2.39 bits per heavy atom. The monoisotopic (exact) mass is 441 g/mol. The molecule has 0 saturated heterocycles. The first-order valence-electron chi connectivity index (χ1n) is 9.78. The summed E-state index contributed by atoms with van der Waals surface area (Å²) in [5, 5.41) is 14.7. The number of nitrogens with zero attached hydrogens (tertiary/aromatic N) is 3. The molecule has 0 saturated carbocycles. The highest BCUT2D eigenvalue weighted by Crippen LogP contribution is 2.24. The Morgan fingerprint density at radius 2 is 1.74 bits per heavy atom. The molecule has 2 aromatic carbocycles. The van der Waals surface area contributed by atoms with Gasteiger partial charge in [0.25, 0.3) is 5.91 Å². The molecule has 0 radical (unpaired) electrons. The van der Waals surface area contributed by atoms with Crippen LogP contribution in [0, 0.1) is 11.7 Å². The summed E-state index contributed by atoms with van der Waals surface area (Å²) in [5.74, 6) is 0.0228. The van der Waals surface area contributed by atoms with Gasteiger partial charge in [0.05, 0.1) is 11.8 Å². The molecule has 1 aromatic heterocycles. The Bertz CT molecular complexity index is 1040. The van der Waals surface area contributed by atoms with Crippen molar-refractivity contribution in [2.75, 3.05) is 11.1 Å². The van der Waals surface area contributed by atoms with Crippen LogP contribution in [0.25, 0.3) is 0 Å². The molecule has 1 heterocycles. The Balaban J connectivity index is 1.64. The fourth-order valence-electron chi connectivity index (χ4n) is 2.93. The largest absolute Gasteiger partial charge is 0.342 e. The highest BCUT2D eigenvalue weighted by molar-refractivity contribution is 7.99. The minimum absolute atomic E-state index is 0.0789. The van der Waals surface area contributed by atoms with Crippen LogP contribution in [-0.2, 0) is 11.8 Å². The van der Waals surface area contributed by atoms with Gasteiger partial charge < -0.3 is 15.2 Å². The first kappa shape index (κ1) is 22.5. The second-order valence-electron chi connectivity index (χ2n) is 7.30. The summed E-state index contributed by atoms with van der Waals surface area (Å²) in [6.45, 7) is 3.99. The highest BCUT2D eigenvalue weighted by Gasteiger charge is 2.25. The molecule has 0 aliphatic carbocycles. The third-order valence-corrected chi connectivity index (χ3v) is 5.62. The van der Waals surface area contributed by atoms with E-state index in [0.29, 0.717) is 22.2 Å². The predicted octanol–water partition coefficient (Wildman–Crippen LogP) is 3.81. The number of anilines is 1. The zero-order valence-corrected chi connectivity index (χ0v) is 18.3. The Kier molecular flexibility index (Phi) is 7.41. The minimum atomic E-state index is -0.363. The molecule has 162 valence electrons. The lowest BCUT2D eigenvalue weighted by molar-refractivity contribution is -0.113. The lowest BCUT2D eigenvalue weighted by Gasteiger charge is -2.21. The van der Waals surface area contributed by atoms with Gasteiger partial charge in [0, 0.05) is 18.3 Å². The fraction of sp³-hybridized carbons (Fsp3) is 0.273. The van der Waals surface area contributed by atoms with Crippen molar-refractivity contribution in [2.45, 2.75) is 25.0 Å². The summed E-state index contributed by atoms with van der Waals surface area (Å²) in [6.07, 6.45) is 0. The molecule has 0 fully saturated rings. The number of hydrogen-bond donors (Lipinski definition) is 2. The van der Waals surface area contributed by atoms with Crippen LogP contribution in [0.15, 0.2) is 59.8 Å². The molecule has 9 heteroatoms. The van der Waals surface area contributed by atoms with Crippen LogP contribution >= 0.6 is 11.8 Å². The van der Waals surface area contributed by atoms with Crippen molar-refractivity contribution >= 4 is 29.3 Å². The van der Waals surface area contributed by atoms with Crippen molar-refractivity contribution in [1.29, 1.82) is 0 Å². The Hall–Kier alpha value is -3.20. The van der Waals surface area contributed by atoms with E-state index in [1.807, 2.05) is 32.0 Å². The first-order valence-corrected chi connectivity index (χ1v) is 10.8. The standard InChI is InChI=1S/C22H24FN5O2S/c1-14(2)19(25-21(30)15-7-5-4-6-8-15)20-26-27-22(28(20)3)31-13-18(29)24-17-11-9-16(23)10-12-17/h4-12,14,19H,13H2,1-3H3,(H,24,29)(H,25,30). The smallest absolute Gasteiger partial charge is 0.251 e. The third kappa shape index (κ3) is 5.91. The summed E-state index contributed by atoms with van der Waals surface area (Å²) in [7, 11) is 1.81. The average Bonchev–Trinajstić information content (AvgIpc) is 3.12. The molecule has 0 aliphatic heterocycles.